The smallest absolute Gasteiger partial charge is 0.854 e. The summed E-state index contributed by atoms with van der Waals surface area (Å²) >= 11 is 0. The van der Waals surface area contributed by atoms with Crippen LogP contribution in [0.15, 0.2) is 0 Å². The second-order valence-electron chi connectivity index (χ2n) is 1.84. The fourth-order valence-electron chi connectivity index (χ4n) is 0.567. The zero-order chi connectivity index (χ0) is 6.24. The van der Waals surface area contributed by atoms with Gasteiger partial charge in [-0.2, -0.15) is 0 Å². The van der Waals surface area contributed by atoms with Gasteiger partial charge in [0.15, 0.2) is 0 Å². The van der Waals surface area contributed by atoms with Crippen LogP contribution >= 0.6 is 0 Å². The van der Waals surface area contributed by atoms with Crippen molar-refractivity contribution in [1.82, 2.24) is 0 Å². The normalized spacial score (nSPS) is 8.67. The summed E-state index contributed by atoms with van der Waals surface area (Å²) in [4.78, 5) is 0. The van der Waals surface area contributed by atoms with Gasteiger partial charge in [-0.05, 0) is 6.42 Å². The van der Waals surface area contributed by atoms with E-state index < -0.39 is 0 Å². The molecule has 0 aromatic rings. The van der Waals surface area contributed by atoms with Gasteiger partial charge >= 0.3 is 21.7 Å². The molecule has 2 nitrogen and oxygen atoms in total. The first kappa shape index (κ1) is 12.3. The van der Waals surface area contributed by atoms with Crippen molar-refractivity contribution in [3.63, 3.8) is 0 Å². The van der Waals surface area contributed by atoms with Crippen LogP contribution in [-0.4, -0.2) is 18.3 Å². The van der Waals surface area contributed by atoms with Crippen molar-refractivity contribution in [2.75, 3.05) is 13.2 Å². The molecule has 0 rings (SSSR count). The van der Waals surface area contributed by atoms with Gasteiger partial charge in [-0.15, -0.1) is 6.61 Å². The molecule has 0 aliphatic heterocycles. The van der Waals surface area contributed by atoms with Crippen molar-refractivity contribution < 1.29 is 31.9 Å². The van der Waals surface area contributed by atoms with E-state index in [4.69, 9.17) is 5.11 Å². The summed E-state index contributed by atoms with van der Waals surface area (Å²) in [5.74, 6) is 0. The third-order valence-electron chi connectivity index (χ3n) is 1.05. The molecule has 0 spiro atoms. The molecule has 0 fully saturated rings. The van der Waals surface area contributed by atoms with Gasteiger partial charge < -0.3 is 10.2 Å². The van der Waals surface area contributed by atoms with E-state index in [1.807, 2.05) is 0 Å². The van der Waals surface area contributed by atoms with E-state index in [0.29, 0.717) is 0 Å². The van der Waals surface area contributed by atoms with Crippen LogP contribution in [0.3, 0.4) is 0 Å². The molecule has 50 valence electrons. The molecule has 0 atom stereocenters. The minimum atomic E-state index is 0. The van der Waals surface area contributed by atoms with Gasteiger partial charge in [0.25, 0.3) is 0 Å². The Bertz CT molecular complexity index is 36.0. The van der Waals surface area contributed by atoms with Crippen molar-refractivity contribution in [2.45, 2.75) is 25.7 Å². The van der Waals surface area contributed by atoms with Crippen LogP contribution in [0.2, 0.25) is 0 Å². The fraction of sp³-hybridized carbons (Fsp3) is 1.00. The Morgan fingerprint density at radius 3 is 2.00 bits per heavy atom. The largest absolute Gasteiger partial charge is 4.00 e. The zero-order valence-corrected chi connectivity index (χ0v) is 7.16. The maximum atomic E-state index is 9.83. The maximum absolute atomic E-state index is 9.83. The summed E-state index contributed by atoms with van der Waals surface area (Å²) in [7, 11) is 0. The van der Waals surface area contributed by atoms with E-state index in [-0.39, 0.29) is 34.9 Å². The average molecular weight is 165 g/mol. The number of aliphatic hydroxyl groups excluding tert-OH is 1. The van der Waals surface area contributed by atoms with Crippen LogP contribution < -0.4 is 5.11 Å². The molecule has 0 aliphatic carbocycles. The van der Waals surface area contributed by atoms with Crippen LogP contribution in [0.4, 0.5) is 0 Å². The van der Waals surface area contributed by atoms with E-state index in [0.717, 1.165) is 25.7 Å². The third kappa shape index (κ3) is 12.0. The van der Waals surface area contributed by atoms with E-state index in [1.54, 1.807) is 0 Å². The Morgan fingerprint density at radius 2 is 1.56 bits per heavy atom. The maximum Gasteiger partial charge on any atom is 4.00 e. The van der Waals surface area contributed by atoms with E-state index in [1.165, 1.54) is 0 Å². The molecule has 0 radical (unpaired) electrons. The van der Waals surface area contributed by atoms with Crippen molar-refractivity contribution in [3.05, 3.63) is 0 Å². The summed E-state index contributed by atoms with van der Waals surface area (Å²) in [6.45, 7) is 0.296. The summed E-state index contributed by atoms with van der Waals surface area (Å²) in [6.07, 6.45) is 3.59. The molecule has 0 bridgehead atoms. The minimum Gasteiger partial charge on any atom is -0.854 e. The van der Waals surface area contributed by atoms with Crippen molar-refractivity contribution >= 4 is 0 Å². The predicted octanol–water partition coefficient (Wildman–Crippen LogP) is -0.103. The molecule has 0 heterocycles. The van der Waals surface area contributed by atoms with Crippen molar-refractivity contribution in [2.24, 2.45) is 0 Å². The zero-order valence-electron chi connectivity index (χ0n) is 5.60. The molecule has 0 aromatic heterocycles. The topological polar surface area (TPSA) is 43.3 Å². The molecular formula is C6H13O2Ti+3. The summed E-state index contributed by atoms with van der Waals surface area (Å²) in [5.41, 5.74) is 0. The van der Waals surface area contributed by atoms with Crippen molar-refractivity contribution in [1.29, 1.82) is 0 Å². The fourth-order valence-corrected chi connectivity index (χ4v) is 0.567. The molecular weight excluding hydrogens is 152 g/mol. The standard InChI is InChI=1S/C6H13O2.Ti/c7-5-3-1-2-4-6-8;/h7H,1-6H2;/q-1;+4. The monoisotopic (exact) mass is 165 g/mol. The van der Waals surface area contributed by atoms with Gasteiger partial charge in [-0.25, -0.2) is 0 Å². The van der Waals surface area contributed by atoms with E-state index >= 15 is 0 Å². The van der Waals surface area contributed by atoms with Crippen LogP contribution in [0.5, 0.6) is 0 Å². The van der Waals surface area contributed by atoms with Crippen LogP contribution in [0.25, 0.3) is 0 Å². The Balaban J connectivity index is 0. The first-order chi connectivity index (χ1) is 3.91. The molecule has 0 saturated heterocycles. The molecule has 0 aromatic carbocycles. The number of hydrogen-bond acceptors (Lipinski definition) is 2. The summed E-state index contributed by atoms with van der Waals surface area (Å²) < 4.78 is 0. The second-order valence-corrected chi connectivity index (χ2v) is 1.84. The molecule has 9 heavy (non-hydrogen) atoms. The Hall–Kier alpha value is 0.634. The minimum absolute atomic E-state index is 0. The molecule has 0 unspecified atom stereocenters. The predicted molar refractivity (Wildman–Crippen MR) is 30.4 cm³/mol. The summed E-state index contributed by atoms with van der Waals surface area (Å²) in [5, 5.41) is 18.1. The van der Waals surface area contributed by atoms with Gasteiger partial charge in [-0.3, -0.25) is 0 Å². The van der Waals surface area contributed by atoms with Gasteiger partial charge in [0.1, 0.15) is 0 Å². The Kier molecular flexibility index (Phi) is 15.7. The molecule has 3 heteroatoms. The summed E-state index contributed by atoms with van der Waals surface area (Å²) in [6, 6.07) is 0. The van der Waals surface area contributed by atoms with Crippen LogP contribution in [-0.2, 0) is 21.7 Å². The first-order valence-electron chi connectivity index (χ1n) is 3.10. The van der Waals surface area contributed by atoms with Gasteiger partial charge in [0, 0.05) is 6.61 Å². The SMILES string of the molecule is [O-]CCCCCCO.[Ti+4]. The number of unbranched alkanes of at least 4 members (excludes halogenated alkanes) is 3. The van der Waals surface area contributed by atoms with Crippen molar-refractivity contribution in [3.8, 4) is 0 Å². The number of hydrogen-bond donors (Lipinski definition) is 1. The molecule has 0 aliphatic rings. The van der Waals surface area contributed by atoms with Gasteiger partial charge in [0.2, 0.25) is 0 Å². The van der Waals surface area contributed by atoms with Gasteiger partial charge in [0.05, 0.1) is 0 Å². The van der Waals surface area contributed by atoms with Crippen LogP contribution in [0, 0.1) is 0 Å². The van der Waals surface area contributed by atoms with E-state index in [9.17, 15) is 5.11 Å². The van der Waals surface area contributed by atoms with Gasteiger partial charge in [-0.1, -0.05) is 19.3 Å². The van der Waals surface area contributed by atoms with Crippen LogP contribution in [0.1, 0.15) is 25.7 Å². The molecule has 0 amide bonds. The average Bonchev–Trinajstić information content (AvgIpc) is 1.81. The van der Waals surface area contributed by atoms with E-state index in [2.05, 4.69) is 0 Å². The number of rotatable bonds is 5. The Morgan fingerprint density at radius 1 is 1.00 bits per heavy atom. The quantitative estimate of drug-likeness (QED) is 0.456. The molecule has 1 N–H and O–H groups in total. The Labute approximate surface area is 71.2 Å². The third-order valence-corrected chi connectivity index (χ3v) is 1.05. The second kappa shape index (κ2) is 11.4. The number of aliphatic hydroxyl groups is 1. The first-order valence-corrected chi connectivity index (χ1v) is 3.10. The molecule has 0 saturated carbocycles.